The SMILES string of the molecule is [C-]#[N+]c1ccc(NCc2ccc(CNc3ccc(C#N)cc3)cc2)cc1. The molecule has 0 aliphatic carbocycles. The summed E-state index contributed by atoms with van der Waals surface area (Å²) in [5, 5.41) is 15.5. The molecule has 3 aromatic rings. The van der Waals surface area contributed by atoms with Gasteiger partial charge in [-0.15, -0.1) is 0 Å². The summed E-state index contributed by atoms with van der Waals surface area (Å²) in [6, 6.07) is 25.5. The van der Waals surface area contributed by atoms with Gasteiger partial charge in [0, 0.05) is 24.5 Å². The molecule has 0 saturated carbocycles. The molecule has 0 aromatic heterocycles. The lowest BCUT2D eigenvalue weighted by atomic mass is 10.1. The molecular formula is C22H18N4. The van der Waals surface area contributed by atoms with Gasteiger partial charge in [0.2, 0.25) is 0 Å². The second kappa shape index (κ2) is 8.37. The van der Waals surface area contributed by atoms with Crippen LogP contribution in [0.5, 0.6) is 0 Å². The van der Waals surface area contributed by atoms with Crippen LogP contribution in [0.15, 0.2) is 72.8 Å². The Balaban J connectivity index is 1.51. The fourth-order valence-electron chi connectivity index (χ4n) is 2.50. The molecule has 3 aromatic carbocycles. The van der Waals surface area contributed by atoms with E-state index >= 15 is 0 Å². The minimum absolute atomic E-state index is 0.648. The van der Waals surface area contributed by atoms with Crippen LogP contribution in [-0.2, 0) is 13.1 Å². The molecule has 26 heavy (non-hydrogen) atoms. The third-order valence-electron chi connectivity index (χ3n) is 4.03. The van der Waals surface area contributed by atoms with Crippen molar-refractivity contribution in [2.45, 2.75) is 13.1 Å². The predicted molar refractivity (Wildman–Crippen MR) is 105 cm³/mol. The lowest BCUT2D eigenvalue weighted by Crippen LogP contribution is -2.01. The molecule has 0 aliphatic heterocycles. The fraction of sp³-hybridized carbons (Fsp3) is 0.0909. The first kappa shape index (κ1) is 17.1. The van der Waals surface area contributed by atoms with Crippen LogP contribution in [0, 0.1) is 17.9 Å². The Morgan fingerprint density at radius 3 is 1.62 bits per heavy atom. The zero-order valence-corrected chi connectivity index (χ0v) is 14.2. The second-order valence-electron chi connectivity index (χ2n) is 5.87. The average molecular weight is 338 g/mol. The van der Waals surface area contributed by atoms with E-state index in [1.807, 2.05) is 48.5 Å². The summed E-state index contributed by atoms with van der Waals surface area (Å²) >= 11 is 0. The van der Waals surface area contributed by atoms with Crippen LogP contribution in [0.1, 0.15) is 16.7 Å². The fourth-order valence-corrected chi connectivity index (χ4v) is 2.50. The molecule has 0 bridgehead atoms. The molecular weight excluding hydrogens is 320 g/mol. The zero-order valence-electron chi connectivity index (χ0n) is 14.2. The summed E-state index contributed by atoms with van der Waals surface area (Å²) in [4.78, 5) is 3.39. The van der Waals surface area contributed by atoms with Gasteiger partial charge in [0.1, 0.15) is 0 Å². The number of nitrogens with zero attached hydrogens (tertiary/aromatic N) is 2. The predicted octanol–water partition coefficient (Wildman–Crippen LogP) is 5.33. The normalized spacial score (nSPS) is 9.77. The highest BCUT2D eigenvalue weighted by Gasteiger charge is 1.98. The van der Waals surface area contributed by atoms with E-state index in [-0.39, 0.29) is 0 Å². The molecule has 0 spiro atoms. The van der Waals surface area contributed by atoms with Gasteiger partial charge in [-0.3, -0.25) is 0 Å². The molecule has 4 heteroatoms. The number of hydrogen-bond donors (Lipinski definition) is 2. The Hall–Kier alpha value is -3.76. The van der Waals surface area contributed by atoms with Gasteiger partial charge in [-0.25, -0.2) is 4.85 Å². The van der Waals surface area contributed by atoms with E-state index in [0.717, 1.165) is 24.5 Å². The third-order valence-corrected chi connectivity index (χ3v) is 4.03. The van der Waals surface area contributed by atoms with Gasteiger partial charge >= 0.3 is 0 Å². The van der Waals surface area contributed by atoms with Crippen LogP contribution < -0.4 is 10.6 Å². The largest absolute Gasteiger partial charge is 0.381 e. The van der Waals surface area contributed by atoms with Gasteiger partial charge in [-0.1, -0.05) is 36.4 Å². The van der Waals surface area contributed by atoms with E-state index < -0.39 is 0 Å². The average Bonchev–Trinajstić information content (AvgIpc) is 2.72. The van der Waals surface area contributed by atoms with E-state index in [4.69, 9.17) is 11.8 Å². The summed E-state index contributed by atoms with van der Waals surface area (Å²) in [7, 11) is 0. The standard InChI is InChI=1S/C22H18N4/c1-24-20-10-12-22(13-11-20)26-16-19-4-2-18(3-5-19)15-25-21-8-6-17(14-23)7-9-21/h2-13,25-26H,15-16H2. The Bertz CT molecular complexity index is 847. The second-order valence-corrected chi connectivity index (χ2v) is 5.87. The lowest BCUT2D eigenvalue weighted by molar-refractivity contribution is 1.11. The molecule has 2 N–H and O–H groups in total. The van der Waals surface area contributed by atoms with Crippen LogP contribution in [0.25, 0.3) is 4.85 Å². The van der Waals surface area contributed by atoms with Crippen LogP contribution in [0.3, 0.4) is 0 Å². The van der Waals surface area contributed by atoms with Gasteiger partial charge in [0.15, 0.2) is 5.69 Å². The van der Waals surface area contributed by atoms with Gasteiger partial charge in [0.05, 0.1) is 18.2 Å². The topological polar surface area (TPSA) is 52.2 Å². The van der Waals surface area contributed by atoms with Gasteiger partial charge in [0.25, 0.3) is 0 Å². The number of rotatable bonds is 6. The quantitative estimate of drug-likeness (QED) is 0.597. The number of anilines is 2. The number of nitrogens with one attached hydrogen (secondary N) is 2. The van der Waals surface area contributed by atoms with Crippen molar-refractivity contribution in [2.24, 2.45) is 0 Å². The molecule has 0 radical (unpaired) electrons. The number of hydrogen-bond acceptors (Lipinski definition) is 3. The van der Waals surface area contributed by atoms with Crippen molar-refractivity contribution in [3.63, 3.8) is 0 Å². The van der Waals surface area contributed by atoms with Crippen molar-refractivity contribution in [3.8, 4) is 6.07 Å². The first-order chi connectivity index (χ1) is 12.8. The highest BCUT2D eigenvalue weighted by molar-refractivity contribution is 5.54. The van der Waals surface area contributed by atoms with Crippen molar-refractivity contribution in [2.75, 3.05) is 10.6 Å². The van der Waals surface area contributed by atoms with E-state index in [0.29, 0.717) is 11.3 Å². The highest BCUT2D eigenvalue weighted by Crippen LogP contribution is 2.17. The summed E-state index contributed by atoms with van der Waals surface area (Å²) in [6.45, 7) is 8.44. The van der Waals surface area contributed by atoms with Crippen molar-refractivity contribution in [1.82, 2.24) is 0 Å². The molecule has 0 saturated heterocycles. The van der Waals surface area contributed by atoms with Crippen molar-refractivity contribution < 1.29 is 0 Å². The minimum Gasteiger partial charge on any atom is -0.381 e. The number of nitriles is 1. The molecule has 0 atom stereocenters. The zero-order chi connectivity index (χ0) is 18.2. The molecule has 0 aliphatic rings. The van der Waals surface area contributed by atoms with Crippen molar-refractivity contribution in [3.05, 3.63) is 101 Å². The Morgan fingerprint density at radius 2 is 1.19 bits per heavy atom. The summed E-state index contributed by atoms with van der Waals surface area (Å²) in [6.07, 6.45) is 0. The third kappa shape index (κ3) is 4.63. The Labute approximate surface area is 153 Å². The van der Waals surface area contributed by atoms with Crippen molar-refractivity contribution >= 4 is 17.1 Å². The summed E-state index contributed by atoms with van der Waals surface area (Å²) < 4.78 is 0. The van der Waals surface area contributed by atoms with E-state index in [1.54, 1.807) is 0 Å². The van der Waals surface area contributed by atoms with Crippen LogP contribution in [0.2, 0.25) is 0 Å². The maximum Gasteiger partial charge on any atom is 0.187 e. The van der Waals surface area contributed by atoms with E-state index in [9.17, 15) is 0 Å². The Morgan fingerprint density at radius 1 is 0.731 bits per heavy atom. The van der Waals surface area contributed by atoms with Crippen LogP contribution in [0.4, 0.5) is 17.1 Å². The molecule has 0 amide bonds. The van der Waals surface area contributed by atoms with Crippen LogP contribution >= 0.6 is 0 Å². The van der Waals surface area contributed by atoms with Gasteiger partial charge in [-0.05, 0) is 47.5 Å². The molecule has 3 rings (SSSR count). The summed E-state index contributed by atoms with van der Waals surface area (Å²) in [5.74, 6) is 0. The minimum atomic E-state index is 0.648. The van der Waals surface area contributed by atoms with E-state index in [1.165, 1.54) is 11.1 Å². The first-order valence-electron chi connectivity index (χ1n) is 8.30. The maximum atomic E-state index is 8.82. The van der Waals surface area contributed by atoms with E-state index in [2.05, 4.69) is 45.8 Å². The smallest absolute Gasteiger partial charge is 0.187 e. The highest BCUT2D eigenvalue weighted by atomic mass is 14.9. The van der Waals surface area contributed by atoms with Gasteiger partial charge in [-0.2, -0.15) is 5.26 Å². The number of benzene rings is 3. The van der Waals surface area contributed by atoms with Crippen molar-refractivity contribution in [1.29, 1.82) is 5.26 Å². The first-order valence-corrected chi connectivity index (χ1v) is 8.30. The molecule has 4 nitrogen and oxygen atoms in total. The van der Waals surface area contributed by atoms with Gasteiger partial charge < -0.3 is 10.6 Å². The molecule has 0 fully saturated rings. The molecule has 0 heterocycles. The lowest BCUT2D eigenvalue weighted by Gasteiger charge is -2.09. The Kier molecular flexibility index (Phi) is 5.50. The monoisotopic (exact) mass is 338 g/mol. The molecule has 126 valence electrons. The summed E-state index contributed by atoms with van der Waals surface area (Å²) in [5.41, 5.74) is 5.70. The van der Waals surface area contributed by atoms with Crippen LogP contribution in [-0.4, -0.2) is 0 Å². The maximum absolute atomic E-state index is 8.82. The molecule has 0 unspecified atom stereocenters.